The summed E-state index contributed by atoms with van der Waals surface area (Å²) in [4.78, 5) is 0. The van der Waals surface area contributed by atoms with Crippen molar-refractivity contribution in [3.05, 3.63) is 0 Å². The molecule has 0 aromatic heterocycles. The SMILES string of the molecule is [B]C(C)C(C)S#C. The zero-order valence-corrected chi connectivity index (χ0v) is 5.53. The molecule has 2 heteroatoms. The van der Waals surface area contributed by atoms with E-state index in [0.717, 1.165) is 0 Å². The maximum atomic E-state index is 5.45. The lowest BCUT2D eigenvalue weighted by Gasteiger charge is -2.05. The summed E-state index contributed by atoms with van der Waals surface area (Å²) >= 11 is 1.31. The van der Waals surface area contributed by atoms with E-state index in [1.165, 1.54) is 11.2 Å². The van der Waals surface area contributed by atoms with Gasteiger partial charge in [-0.05, 0) is 6.92 Å². The Hall–Kier alpha value is 0.0649. The first kappa shape index (κ1) is 7.06. The molecule has 0 aliphatic rings. The Kier molecular flexibility index (Phi) is 3.15. The molecule has 0 nitrogen and oxygen atoms in total. The fourth-order valence-corrected chi connectivity index (χ4v) is 0.372. The van der Waals surface area contributed by atoms with Crippen molar-refractivity contribution in [2.75, 3.05) is 0 Å². The fourth-order valence-electron chi connectivity index (χ4n) is 0.124. The van der Waals surface area contributed by atoms with Crippen LogP contribution in [0.25, 0.3) is 0 Å². The van der Waals surface area contributed by atoms with Gasteiger partial charge in [-0.1, -0.05) is 12.7 Å². The van der Waals surface area contributed by atoms with Gasteiger partial charge in [-0.15, -0.1) is 16.9 Å². The normalized spacial score (nSPS) is 17.9. The number of rotatable bonds is 1. The van der Waals surface area contributed by atoms with Crippen LogP contribution in [0.2, 0.25) is 5.82 Å². The highest BCUT2D eigenvalue weighted by Gasteiger charge is 1.99. The predicted octanol–water partition coefficient (Wildman–Crippen LogP) is 1.67. The van der Waals surface area contributed by atoms with Crippen LogP contribution < -0.4 is 0 Å². The average molecular weight is 112 g/mol. The summed E-state index contributed by atoms with van der Waals surface area (Å²) in [5.41, 5.74) is 5.21. The zero-order chi connectivity index (χ0) is 5.86. The molecular formula is C5H9BS. The van der Waals surface area contributed by atoms with Gasteiger partial charge >= 0.3 is 0 Å². The molecule has 0 aliphatic carbocycles. The first-order valence-corrected chi connectivity index (χ1v) is 3.24. The zero-order valence-electron chi connectivity index (χ0n) is 4.72. The van der Waals surface area contributed by atoms with Crippen LogP contribution in [0, 0.1) is 5.69 Å². The average Bonchev–Trinajstić information content (AvgIpc) is 1.65. The molecule has 0 spiro atoms. The van der Waals surface area contributed by atoms with Gasteiger partial charge < -0.3 is 0 Å². The molecule has 0 fully saturated rings. The quantitative estimate of drug-likeness (QED) is 0.452. The van der Waals surface area contributed by atoms with E-state index in [2.05, 4.69) is 0 Å². The largest absolute Gasteiger partial charge is 0.136 e. The highest BCUT2D eigenvalue weighted by molar-refractivity contribution is 7.89. The van der Waals surface area contributed by atoms with E-state index in [0.29, 0.717) is 5.25 Å². The van der Waals surface area contributed by atoms with E-state index in [1.54, 1.807) is 0 Å². The van der Waals surface area contributed by atoms with Gasteiger partial charge in [0.15, 0.2) is 0 Å². The summed E-state index contributed by atoms with van der Waals surface area (Å²) in [6.07, 6.45) is 0. The second-order valence-corrected chi connectivity index (χ2v) is 2.72. The molecule has 0 heterocycles. The smallest absolute Gasteiger partial charge is 0.0714 e. The van der Waals surface area contributed by atoms with Crippen LogP contribution >= 0.6 is 11.2 Å². The summed E-state index contributed by atoms with van der Waals surface area (Å²) in [6, 6.07) is 0. The molecule has 0 rings (SSSR count). The topological polar surface area (TPSA) is 0 Å². The van der Waals surface area contributed by atoms with Crippen molar-refractivity contribution in [2.24, 2.45) is 0 Å². The summed E-state index contributed by atoms with van der Waals surface area (Å²) < 4.78 is 0. The highest BCUT2D eigenvalue weighted by Crippen LogP contribution is 2.11. The predicted molar refractivity (Wildman–Crippen MR) is 37.2 cm³/mol. The monoisotopic (exact) mass is 112 g/mol. The molecule has 7 heavy (non-hydrogen) atoms. The van der Waals surface area contributed by atoms with E-state index >= 15 is 0 Å². The summed E-state index contributed by atoms with van der Waals surface area (Å²) in [5.74, 6) is 0.204. The molecule has 2 unspecified atom stereocenters. The van der Waals surface area contributed by atoms with E-state index in [9.17, 15) is 0 Å². The summed E-state index contributed by atoms with van der Waals surface area (Å²) in [5, 5.41) is 0.375. The van der Waals surface area contributed by atoms with Gasteiger partial charge in [-0.3, -0.25) is 0 Å². The minimum atomic E-state index is 0.204. The lowest BCUT2D eigenvalue weighted by Crippen LogP contribution is -1.98. The summed E-state index contributed by atoms with van der Waals surface area (Å²) in [6.45, 7) is 3.96. The molecule has 0 bridgehead atoms. The third-order valence-corrected chi connectivity index (χ3v) is 1.81. The molecule has 0 amide bonds. The fraction of sp³-hybridized carbons (Fsp3) is 0.800. The van der Waals surface area contributed by atoms with Crippen LogP contribution in [0.5, 0.6) is 0 Å². The van der Waals surface area contributed by atoms with E-state index in [4.69, 9.17) is 13.5 Å². The van der Waals surface area contributed by atoms with Crippen LogP contribution in [-0.2, 0) is 0 Å². The van der Waals surface area contributed by atoms with Crippen LogP contribution in [0.4, 0.5) is 0 Å². The van der Waals surface area contributed by atoms with Crippen LogP contribution in [-0.4, -0.2) is 13.1 Å². The molecule has 0 saturated carbocycles. The van der Waals surface area contributed by atoms with Gasteiger partial charge in [0.2, 0.25) is 0 Å². The van der Waals surface area contributed by atoms with Crippen molar-refractivity contribution < 1.29 is 0 Å². The lowest BCUT2D eigenvalue weighted by atomic mass is 9.87. The van der Waals surface area contributed by atoms with Crippen LogP contribution in [0.15, 0.2) is 0 Å². The molecule has 0 aliphatic heterocycles. The molecule has 38 valence electrons. The summed E-state index contributed by atoms with van der Waals surface area (Å²) in [7, 11) is 5.45. The van der Waals surface area contributed by atoms with Gasteiger partial charge in [-0.2, -0.15) is 0 Å². The van der Waals surface area contributed by atoms with Crippen molar-refractivity contribution in [1.29, 1.82) is 0 Å². The van der Waals surface area contributed by atoms with E-state index in [1.807, 2.05) is 13.8 Å². The van der Waals surface area contributed by atoms with Crippen LogP contribution in [0.3, 0.4) is 0 Å². The first-order valence-electron chi connectivity index (χ1n) is 2.29. The van der Waals surface area contributed by atoms with E-state index < -0.39 is 0 Å². The van der Waals surface area contributed by atoms with Crippen molar-refractivity contribution in [3.8, 4) is 5.69 Å². The standard InChI is InChI=1S/C5H9BS/c1-4(6)5(2)7-3/h3-5H,1-2H3. The Labute approximate surface area is 50.3 Å². The van der Waals surface area contributed by atoms with Gasteiger partial charge in [-0.25, -0.2) is 0 Å². The molecule has 0 saturated heterocycles. The van der Waals surface area contributed by atoms with Crippen molar-refractivity contribution >= 4 is 19.0 Å². The lowest BCUT2D eigenvalue weighted by molar-refractivity contribution is 0.907. The third kappa shape index (κ3) is 2.72. The Morgan fingerprint density at radius 2 is 2.00 bits per heavy atom. The second-order valence-electron chi connectivity index (χ2n) is 1.70. The number of hydrogen-bond donors (Lipinski definition) is 0. The Balaban J connectivity index is 3.40. The minimum absolute atomic E-state index is 0.204. The molecule has 0 N–H and O–H groups in total. The van der Waals surface area contributed by atoms with E-state index in [-0.39, 0.29) is 5.82 Å². The molecule has 0 aromatic carbocycles. The van der Waals surface area contributed by atoms with Gasteiger partial charge in [0.25, 0.3) is 0 Å². The highest BCUT2D eigenvalue weighted by atomic mass is 32.1. The maximum absolute atomic E-state index is 5.45. The van der Waals surface area contributed by atoms with Crippen LogP contribution in [0.1, 0.15) is 13.8 Å². The Morgan fingerprint density at radius 1 is 1.57 bits per heavy atom. The number of hydrogen-bond acceptors (Lipinski definition) is 0. The third-order valence-electron chi connectivity index (χ3n) is 0.955. The second kappa shape index (κ2) is 3.12. The van der Waals surface area contributed by atoms with Crippen molar-refractivity contribution in [1.82, 2.24) is 0 Å². The molecule has 0 aromatic rings. The molecule has 2 atom stereocenters. The Morgan fingerprint density at radius 3 is 2.00 bits per heavy atom. The Bertz CT molecular complexity index is 82.6. The van der Waals surface area contributed by atoms with Gasteiger partial charge in [0.1, 0.15) is 0 Å². The van der Waals surface area contributed by atoms with Crippen molar-refractivity contribution in [2.45, 2.75) is 24.9 Å². The van der Waals surface area contributed by atoms with Gasteiger partial charge in [0, 0.05) is 5.25 Å². The molecular weight excluding hydrogens is 103 g/mol. The van der Waals surface area contributed by atoms with Gasteiger partial charge in [0.05, 0.1) is 7.85 Å². The van der Waals surface area contributed by atoms with Crippen molar-refractivity contribution in [3.63, 3.8) is 0 Å². The molecule has 2 radical (unpaired) electrons. The first-order chi connectivity index (χ1) is 3.18. The maximum Gasteiger partial charge on any atom is 0.0714 e. The minimum Gasteiger partial charge on any atom is -0.136 e.